The van der Waals surface area contributed by atoms with Gasteiger partial charge in [-0.3, -0.25) is 0 Å². The summed E-state index contributed by atoms with van der Waals surface area (Å²) in [6.07, 6.45) is -20.0. The second-order valence-electron chi connectivity index (χ2n) is 10.4. The molecule has 0 fully saturated rings. The summed E-state index contributed by atoms with van der Waals surface area (Å²) >= 11 is 3.81. The minimum atomic E-state index is -5.01. The molecular formula is C34H16F12I2O4. The SMILES string of the molecule is FC(F)(F)Oc1ccc(-c2c(I)c(-c3ccc(OC(F)(F)F)cc3)c(-c3ccc(OC(F)(F)F)cc3)c(I)c2-c2ccc(OC(F)(F)F)cc2)cc1. The van der Waals surface area contributed by atoms with Crippen LogP contribution in [-0.2, 0) is 0 Å². The van der Waals surface area contributed by atoms with E-state index in [1.165, 1.54) is 48.5 Å². The fourth-order valence-electron chi connectivity index (χ4n) is 5.07. The van der Waals surface area contributed by atoms with Crippen molar-refractivity contribution in [3.63, 3.8) is 0 Å². The molecule has 5 aromatic rings. The van der Waals surface area contributed by atoms with E-state index in [0.29, 0.717) is 51.6 Å². The first-order valence-corrected chi connectivity index (χ1v) is 16.2. The average molecular weight is 970 g/mol. The van der Waals surface area contributed by atoms with Gasteiger partial charge in [0.2, 0.25) is 0 Å². The van der Waals surface area contributed by atoms with Crippen LogP contribution in [0.5, 0.6) is 23.0 Å². The van der Waals surface area contributed by atoms with Crippen LogP contribution in [0, 0.1) is 7.14 Å². The topological polar surface area (TPSA) is 36.9 Å². The summed E-state index contributed by atoms with van der Waals surface area (Å²) in [6, 6.07) is 18.7. The van der Waals surface area contributed by atoms with Gasteiger partial charge in [-0.15, -0.1) is 52.7 Å². The molecule has 0 aliphatic heterocycles. The lowest BCUT2D eigenvalue weighted by molar-refractivity contribution is -0.275. The van der Waals surface area contributed by atoms with Gasteiger partial charge >= 0.3 is 25.4 Å². The van der Waals surface area contributed by atoms with Crippen molar-refractivity contribution in [1.82, 2.24) is 0 Å². The zero-order chi connectivity index (χ0) is 38.2. The number of alkyl halides is 12. The summed E-state index contributed by atoms with van der Waals surface area (Å²) in [7, 11) is 0. The second-order valence-corrected chi connectivity index (χ2v) is 12.6. The number of ether oxygens (including phenoxy) is 4. The fourth-order valence-corrected chi connectivity index (χ4v) is 7.39. The smallest absolute Gasteiger partial charge is 0.406 e. The molecule has 5 aromatic carbocycles. The maximum absolute atomic E-state index is 12.9. The standard InChI is InChI=1S/C34H16F12I2O4/c35-31(36,37)49-21-9-1-17(2-10-21)25-26(18-3-11-22(12-4-18)50-32(38,39)40)30(48)28(20-7-15-24(16-8-20)52-34(44,45)46)27(29(25)47)19-5-13-23(14-6-19)51-33(41,42)43/h1-16H. The highest BCUT2D eigenvalue weighted by Gasteiger charge is 2.34. The van der Waals surface area contributed by atoms with Crippen LogP contribution in [0.25, 0.3) is 44.5 Å². The Balaban J connectivity index is 1.81. The molecule has 0 N–H and O–H groups in total. The molecule has 0 amide bonds. The summed E-state index contributed by atoms with van der Waals surface area (Å²) in [5.74, 6) is -2.24. The third-order valence-corrected chi connectivity index (χ3v) is 9.04. The van der Waals surface area contributed by atoms with E-state index in [-0.39, 0.29) is 0 Å². The van der Waals surface area contributed by atoms with E-state index in [2.05, 4.69) is 18.9 Å². The van der Waals surface area contributed by atoms with E-state index in [0.717, 1.165) is 48.5 Å². The maximum Gasteiger partial charge on any atom is 0.573 e. The largest absolute Gasteiger partial charge is 0.573 e. The second kappa shape index (κ2) is 14.7. The normalized spacial score (nSPS) is 12.4. The number of halogens is 14. The Morgan fingerprint density at radius 2 is 0.442 bits per heavy atom. The van der Waals surface area contributed by atoms with Gasteiger partial charge in [0.05, 0.1) is 0 Å². The van der Waals surface area contributed by atoms with E-state index in [1.54, 1.807) is 0 Å². The van der Waals surface area contributed by atoms with E-state index in [9.17, 15) is 52.7 Å². The third kappa shape index (κ3) is 10.1. The van der Waals surface area contributed by atoms with Crippen molar-refractivity contribution in [2.24, 2.45) is 0 Å². The monoisotopic (exact) mass is 970 g/mol. The zero-order valence-electron chi connectivity index (χ0n) is 25.2. The first kappa shape index (κ1) is 39.1. The van der Waals surface area contributed by atoms with Gasteiger partial charge in [-0.2, -0.15) is 0 Å². The summed E-state index contributed by atoms with van der Waals surface area (Å²) in [4.78, 5) is 0. The lowest BCUT2D eigenvalue weighted by Crippen LogP contribution is -2.17. The number of hydrogen-bond acceptors (Lipinski definition) is 4. The Morgan fingerprint density at radius 3 is 0.577 bits per heavy atom. The summed E-state index contributed by atoms with van der Waals surface area (Å²) in [6.45, 7) is 0. The molecule has 52 heavy (non-hydrogen) atoms. The quantitative estimate of drug-likeness (QED) is 0.115. The Bertz CT molecular complexity index is 1730. The molecular weight excluding hydrogens is 954 g/mol. The highest BCUT2D eigenvalue weighted by Crippen LogP contribution is 2.50. The number of benzene rings is 5. The van der Waals surface area contributed by atoms with Gasteiger partial charge in [0.15, 0.2) is 0 Å². The molecule has 0 saturated heterocycles. The highest BCUT2D eigenvalue weighted by molar-refractivity contribution is 14.1. The predicted molar refractivity (Wildman–Crippen MR) is 180 cm³/mol. The van der Waals surface area contributed by atoms with Crippen molar-refractivity contribution in [3.8, 4) is 67.5 Å². The van der Waals surface area contributed by atoms with Gasteiger partial charge in [0.25, 0.3) is 0 Å². The molecule has 0 atom stereocenters. The average Bonchev–Trinajstić information content (AvgIpc) is 3.01. The lowest BCUT2D eigenvalue weighted by atomic mass is 9.85. The molecule has 5 rings (SSSR count). The Kier molecular flexibility index (Phi) is 11.1. The molecule has 274 valence electrons. The van der Waals surface area contributed by atoms with E-state index < -0.39 is 48.4 Å². The minimum absolute atomic E-state index is 0.293. The zero-order valence-corrected chi connectivity index (χ0v) is 29.5. The molecule has 0 spiro atoms. The first-order chi connectivity index (χ1) is 24.1. The first-order valence-electron chi connectivity index (χ1n) is 14.1. The van der Waals surface area contributed by atoms with Gasteiger partial charge in [0.1, 0.15) is 23.0 Å². The lowest BCUT2D eigenvalue weighted by Gasteiger charge is -2.24. The van der Waals surface area contributed by atoms with Crippen LogP contribution < -0.4 is 18.9 Å². The van der Waals surface area contributed by atoms with Gasteiger partial charge in [-0.25, -0.2) is 0 Å². The number of hydrogen-bond donors (Lipinski definition) is 0. The molecule has 0 aliphatic carbocycles. The van der Waals surface area contributed by atoms with E-state index in [1.807, 2.05) is 45.2 Å². The van der Waals surface area contributed by atoms with Gasteiger partial charge in [0, 0.05) is 29.4 Å². The van der Waals surface area contributed by atoms with Crippen molar-refractivity contribution in [3.05, 3.63) is 104 Å². The molecule has 0 saturated carbocycles. The van der Waals surface area contributed by atoms with Crippen LogP contribution in [0.1, 0.15) is 0 Å². The van der Waals surface area contributed by atoms with Crippen LogP contribution in [-0.4, -0.2) is 25.4 Å². The van der Waals surface area contributed by atoms with Crippen LogP contribution >= 0.6 is 45.2 Å². The fraction of sp³-hybridized carbons (Fsp3) is 0.118. The van der Waals surface area contributed by atoms with Gasteiger partial charge < -0.3 is 18.9 Å². The molecule has 0 aromatic heterocycles. The molecule has 0 unspecified atom stereocenters. The van der Waals surface area contributed by atoms with E-state index in [4.69, 9.17) is 0 Å². The Morgan fingerprint density at radius 1 is 0.288 bits per heavy atom. The Hall–Kier alpha value is -4.08. The molecule has 18 heteroatoms. The molecule has 0 radical (unpaired) electrons. The predicted octanol–water partition coefficient (Wildman–Crippen LogP) is 13.2. The van der Waals surface area contributed by atoms with Crippen LogP contribution in [0.3, 0.4) is 0 Å². The third-order valence-electron chi connectivity index (χ3n) is 6.88. The van der Waals surface area contributed by atoms with Crippen LogP contribution in [0.4, 0.5) is 52.7 Å². The summed E-state index contributed by atoms with van der Waals surface area (Å²) < 4.78 is 172. The maximum atomic E-state index is 12.9. The van der Waals surface area contributed by atoms with Crippen molar-refractivity contribution in [1.29, 1.82) is 0 Å². The van der Waals surface area contributed by atoms with Crippen LogP contribution in [0.15, 0.2) is 97.1 Å². The molecule has 0 heterocycles. The van der Waals surface area contributed by atoms with E-state index >= 15 is 0 Å². The van der Waals surface area contributed by atoms with Gasteiger partial charge in [-0.05, 0) is 116 Å². The van der Waals surface area contributed by atoms with Gasteiger partial charge in [-0.1, -0.05) is 48.5 Å². The van der Waals surface area contributed by atoms with Crippen LogP contribution in [0.2, 0.25) is 0 Å². The molecule has 0 aliphatic rings. The van der Waals surface area contributed by atoms with Crippen molar-refractivity contribution >= 4 is 45.2 Å². The highest BCUT2D eigenvalue weighted by atomic mass is 127. The van der Waals surface area contributed by atoms with Crippen molar-refractivity contribution < 1.29 is 71.6 Å². The minimum Gasteiger partial charge on any atom is -0.406 e. The summed E-state index contributed by atoms with van der Waals surface area (Å²) in [5, 5.41) is 0. The Labute approximate surface area is 312 Å². The van der Waals surface area contributed by atoms with Crippen molar-refractivity contribution in [2.45, 2.75) is 25.4 Å². The molecule has 4 nitrogen and oxygen atoms in total. The molecule has 0 bridgehead atoms. The van der Waals surface area contributed by atoms with Crippen molar-refractivity contribution in [2.75, 3.05) is 0 Å². The number of rotatable bonds is 8. The summed E-state index contributed by atoms with van der Waals surface area (Å²) in [5.41, 5.74) is 2.50.